The first-order chi connectivity index (χ1) is 13.7. The summed E-state index contributed by atoms with van der Waals surface area (Å²) in [6.07, 6.45) is 4.32. The number of guanidine groups is 1. The van der Waals surface area contributed by atoms with Gasteiger partial charge in [0, 0.05) is 18.9 Å². The maximum absolute atomic E-state index is 12.1. The molecular formula is C18H29N7O4. The van der Waals surface area contributed by atoms with E-state index in [1.165, 1.54) is 13.8 Å². The third kappa shape index (κ3) is 9.51. The Labute approximate surface area is 169 Å². The molecule has 3 atom stereocenters. The first-order valence-corrected chi connectivity index (χ1v) is 9.22. The van der Waals surface area contributed by atoms with Crippen molar-refractivity contribution in [1.82, 2.24) is 20.9 Å². The van der Waals surface area contributed by atoms with Gasteiger partial charge in [0.2, 0.25) is 11.8 Å². The standard InChI is InChI=1S/C18H29N7O4/c1-11(15(26)25-12(2)17(28)29)24-16(27)14(19)6-4-8-22-18(20)23-10-13-5-3-7-21-9-13/h3,5,7,9,11-12,14H,4,6,8,10,19H2,1-2H3,(H,24,27)(H,25,26)(H,28,29)(H3,20,22,23)/t11-,12-,14-/m0/s1. The number of carboxylic acids is 1. The van der Waals surface area contributed by atoms with Gasteiger partial charge in [-0.05, 0) is 38.3 Å². The number of aromatic nitrogens is 1. The van der Waals surface area contributed by atoms with Gasteiger partial charge >= 0.3 is 5.97 Å². The third-order valence-corrected chi connectivity index (χ3v) is 3.97. The minimum Gasteiger partial charge on any atom is -0.480 e. The maximum Gasteiger partial charge on any atom is 0.325 e. The van der Waals surface area contributed by atoms with Crippen LogP contribution in [-0.4, -0.2) is 58.5 Å². The van der Waals surface area contributed by atoms with Gasteiger partial charge in [-0.3, -0.25) is 19.4 Å². The van der Waals surface area contributed by atoms with Crippen molar-refractivity contribution < 1.29 is 19.5 Å². The lowest BCUT2D eigenvalue weighted by molar-refractivity contribution is -0.141. The maximum atomic E-state index is 12.1. The van der Waals surface area contributed by atoms with Crippen LogP contribution in [0.25, 0.3) is 0 Å². The number of carbonyl (C=O) groups excluding carboxylic acids is 2. The van der Waals surface area contributed by atoms with Gasteiger partial charge in [0.15, 0.2) is 5.96 Å². The van der Waals surface area contributed by atoms with Crippen molar-refractivity contribution in [3.8, 4) is 0 Å². The quantitative estimate of drug-likeness (QED) is 0.148. The van der Waals surface area contributed by atoms with Crippen LogP contribution in [0.5, 0.6) is 0 Å². The number of amides is 2. The van der Waals surface area contributed by atoms with Crippen LogP contribution < -0.4 is 27.4 Å². The van der Waals surface area contributed by atoms with E-state index >= 15 is 0 Å². The minimum atomic E-state index is -1.16. The lowest BCUT2D eigenvalue weighted by atomic mass is 10.1. The lowest BCUT2D eigenvalue weighted by Crippen LogP contribution is -2.52. The minimum absolute atomic E-state index is 0.282. The molecule has 1 aromatic rings. The van der Waals surface area contributed by atoms with E-state index in [4.69, 9.17) is 16.6 Å². The van der Waals surface area contributed by atoms with Crippen LogP contribution in [0.2, 0.25) is 0 Å². The van der Waals surface area contributed by atoms with Gasteiger partial charge in [-0.1, -0.05) is 6.07 Å². The van der Waals surface area contributed by atoms with Crippen molar-refractivity contribution in [2.45, 2.75) is 51.4 Å². The molecule has 0 saturated carbocycles. The van der Waals surface area contributed by atoms with Crippen LogP contribution in [0.15, 0.2) is 29.5 Å². The zero-order chi connectivity index (χ0) is 21.8. The SMILES string of the molecule is C[C@H](NC(=O)[C@H](C)NC(=O)[C@@H](N)CCCNC(N)=NCc1cccnc1)C(=O)O. The van der Waals surface area contributed by atoms with Gasteiger partial charge in [0.1, 0.15) is 12.1 Å². The van der Waals surface area contributed by atoms with E-state index in [1.54, 1.807) is 12.4 Å². The zero-order valence-corrected chi connectivity index (χ0v) is 16.6. The van der Waals surface area contributed by atoms with Crippen molar-refractivity contribution in [3.05, 3.63) is 30.1 Å². The molecule has 0 spiro atoms. The van der Waals surface area contributed by atoms with Crippen molar-refractivity contribution in [1.29, 1.82) is 0 Å². The van der Waals surface area contributed by atoms with Crippen LogP contribution in [0.4, 0.5) is 0 Å². The number of aliphatic imine (C=N–C) groups is 1. The second-order valence-electron chi connectivity index (χ2n) is 6.54. The predicted octanol–water partition coefficient (Wildman–Crippen LogP) is -1.31. The second kappa shape index (κ2) is 12.3. The van der Waals surface area contributed by atoms with Crippen molar-refractivity contribution in [2.75, 3.05) is 6.54 Å². The second-order valence-corrected chi connectivity index (χ2v) is 6.54. The molecule has 0 saturated heterocycles. The van der Waals surface area contributed by atoms with Crippen molar-refractivity contribution in [2.24, 2.45) is 16.5 Å². The van der Waals surface area contributed by atoms with Crippen molar-refractivity contribution >= 4 is 23.7 Å². The first-order valence-electron chi connectivity index (χ1n) is 9.22. The van der Waals surface area contributed by atoms with Gasteiger partial charge in [-0.2, -0.15) is 0 Å². The van der Waals surface area contributed by atoms with Gasteiger partial charge < -0.3 is 32.5 Å². The Morgan fingerprint density at radius 3 is 2.52 bits per heavy atom. The summed E-state index contributed by atoms with van der Waals surface area (Å²) in [6.45, 7) is 3.68. The van der Waals surface area contributed by atoms with E-state index in [2.05, 4.69) is 25.9 Å². The summed E-state index contributed by atoms with van der Waals surface area (Å²) in [5, 5.41) is 16.5. The Bertz CT molecular complexity index is 711. The van der Waals surface area contributed by atoms with Crippen LogP contribution in [0.3, 0.4) is 0 Å². The predicted molar refractivity (Wildman–Crippen MR) is 108 cm³/mol. The molecule has 29 heavy (non-hydrogen) atoms. The Hall–Kier alpha value is -3.21. The highest BCUT2D eigenvalue weighted by atomic mass is 16.4. The summed E-state index contributed by atoms with van der Waals surface area (Å²) in [4.78, 5) is 42.8. The molecular weight excluding hydrogens is 378 g/mol. The van der Waals surface area contributed by atoms with E-state index in [-0.39, 0.29) is 5.96 Å². The van der Waals surface area contributed by atoms with E-state index in [1.807, 2.05) is 12.1 Å². The number of hydrogen-bond donors (Lipinski definition) is 6. The van der Waals surface area contributed by atoms with Crippen LogP contribution >= 0.6 is 0 Å². The molecule has 11 heteroatoms. The summed E-state index contributed by atoms with van der Waals surface area (Å²) in [5.74, 6) is -1.97. The molecule has 0 fully saturated rings. The average molecular weight is 407 g/mol. The number of rotatable bonds is 11. The van der Waals surface area contributed by atoms with Gasteiger partial charge in [-0.15, -0.1) is 0 Å². The number of aliphatic carboxylic acids is 1. The molecule has 160 valence electrons. The molecule has 1 rings (SSSR count). The molecule has 0 bridgehead atoms. The molecule has 8 N–H and O–H groups in total. The van der Waals surface area contributed by atoms with Gasteiger partial charge in [-0.25, -0.2) is 4.99 Å². The monoisotopic (exact) mass is 407 g/mol. The van der Waals surface area contributed by atoms with Gasteiger partial charge in [0.05, 0.1) is 12.6 Å². The van der Waals surface area contributed by atoms with Crippen LogP contribution in [-0.2, 0) is 20.9 Å². The molecule has 0 aromatic carbocycles. The molecule has 1 heterocycles. The van der Waals surface area contributed by atoms with Crippen LogP contribution in [0, 0.1) is 0 Å². The Morgan fingerprint density at radius 2 is 1.90 bits per heavy atom. The van der Waals surface area contributed by atoms with Crippen LogP contribution in [0.1, 0.15) is 32.3 Å². The molecule has 0 unspecified atom stereocenters. The summed E-state index contributed by atoms with van der Waals surface area (Å²) >= 11 is 0. The largest absolute Gasteiger partial charge is 0.480 e. The number of hydrogen-bond acceptors (Lipinski definition) is 6. The fourth-order valence-electron chi connectivity index (χ4n) is 2.18. The Kier molecular flexibility index (Phi) is 10.1. The molecule has 11 nitrogen and oxygen atoms in total. The topological polar surface area (TPSA) is 185 Å². The molecule has 1 aromatic heterocycles. The Morgan fingerprint density at radius 1 is 1.21 bits per heavy atom. The van der Waals surface area contributed by atoms with Gasteiger partial charge in [0.25, 0.3) is 0 Å². The van der Waals surface area contributed by atoms with E-state index in [9.17, 15) is 14.4 Å². The van der Waals surface area contributed by atoms with Crippen molar-refractivity contribution in [3.63, 3.8) is 0 Å². The molecule has 0 radical (unpaired) electrons. The number of carbonyl (C=O) groups is 3. The highest BCUT2D eigenvalue weighted by Gasteiger charge is 2.22. The first kappa shape index (κ1) is 23.8. The fourth-order valence-corrected chi connectivity index (χ4v) is 2.18. The fraction of sp³-hybridized carbons (Fsp3) is 0.500. The third-order valence-electron chi connectivity index (χ3n) is 3.97. The molecule has 0 aliphatic heterocycles. The van der Waals surface area contributed by atoms with E-state index < -0.39 is 35.9 Å². The Balaban J connectivity index is 2.27. The number of carboxylic acid groups (broad SMARTS) is 1. The molecule has 2 amide bonds. The summed E-state index contributed by atoms with van der Waals surface area (Å²) < 4.78 is 0. The molecule has 0 aliphatic carbocycles. The summed E-state index contributed by atoms with van der Waals surface area (Å²) in [7, 11) is 0. The average Bonchev–Trinajstić information content (AvgIpc) is 2.69. The highest BCUT2D eigenvalue weighted by Crippen LogP contribution is 1.98. The number of nitrogens with two attached hydrogens (primary N) is 2. The smallest absolute Gasteiger partial charge is 0.325 e. The normalized spacial score (nSPS) is 14.4. The summed E-state index contributed by atoms with van der Waals surface area (Å²) in [5.41, 5.74) is 12.5. The molecule has 0 aliphatic rings. The highest BCUT2D eigenvalue weighted by molar-refractivity contribution is 5.91. The summed E-state index contributed by atoms with van der Waals surface area (Å²) in [6, 6.07) is 0.955. The van der Waals surface area contributed by atoms with E-state index in [0.717, 1.165) is 5.56 Å². The van der Waals surface area contributed by atoms with E-state index in [0.29, 0.717) is 25.9 Å². The lowest BCUT2D eigenvalue weighted by Gasteiger charge is -2.18. The zero-order valence-electron chi connectivity index (χ0n) is 16.6. The number of pyridine rings is 1. The number of nitrogens with one attached hydrogen (secondary N) is 3. The number of nitrogens with zero attached hydrogens (tertiary/aromatic N) is 2.